The summed E-state index contributed by atoms with van der Waals surface area (Å²) in [5.74, 6) is 0. The summed E-state index contributed by atoms with van der Waals surface area (Å²) < 4.78 is 0. The predicted octanol–water partition coefficient (Wildman–Crippen LogP) is 2.92. The number of hydrogen-bond acceptors (Lipinski definition) is 2. The van der Waals surface area contributed by atoms with E-state index in [2.05, 4.69) is 9.97 Å². The Morgan fingerprint density at radius 2 is 1.72 bits per heavy atom. The lowest BCUT2D eigenvalue weighted by molar-refractivity contribution is 1.24. The summed E-state index contributed by atoms with van der Waals surface area (Å²) in [5, 5.41) is 1.08. The molecule has 2 heterocycles. The van der Waals surface area contributed by atoms with Crippen molar-refractivity contribution >= 4 is 10.9 Å². The molecule has 18 heavy (non-hydrogen) atoms. The second-order valence-corrected chi connectivity index (χ2v) is 3.89. The van der Waals surface area contributed by atoms with E-state index in [0.717, 1.165) is 16.5 Å². The minimum Gasteiger partial charge on any atom is -0.322 e. The summed E-state index contributed by atoms with van der Waals surface area (Å²) >= 11 is 0. The molecule has 1 N–H and O–H groups in total. The second kappa shape index (κ2) is 5.77. The van der Waals surface area contributed by atoms with Crippen LogP contribution in [0.3, 0.4) is 0 Å². The Hall–Kier alpha value is -2.42. The Labute approximate surface area is 105 Å². The van der Waals surface area contributed by atoms with Crippen molar-refractivity contribution in [2.24, 2.45) is 0 Å². The van der Waals surface area contributed by atoms with Gasteiger partial charge in [0.2, 0.25) is 0 Å². The van der Waals surface area contributed by atoms with Crippen molar-refractivity contribution in [2.75, 3.05) is 0 Å². The highest BCUT2D eigenvalue weighted by Gasteiger charge is 1.95. The minimum atomic E-state index is -0.00583. The van der Waals surface area contributed by atoms with Crippen molar-refractivity contribution in [3.63, 3.8) is 0 Å². The number of nitrogens with one attached hydrogen (secondary N) is 1. The van der Waals surface area contributed by atoms with E-state index >= 15 is 0 Å². The van der Waals surface area contributed by atoms with Crippen molar-refractivity contribution in [3.05, 3.63) is 76.8 Å². The van der Waals surface area contributed by atoms with Crippen molar-refractivity contribution in [1.29, 1.82) is 0 Å². The summed E-state index contributed by atoms with van der Waals surface area (Å²) in [6, 6.07) is 15.4. The number of para-hydroxylation sites is 1. The zero-order valence-electron chi connectivity index (χ0n) is 10.1. The smallest absolute Gasteiger partial charge is 0.251 e. The van der Waals surface area contributed by atoms with E-state index in [0.29, 0.717) is 0 Å². The standard InChI is InChI=1S/C10H9NO.C5H5N/c1-7-6-8-4-2-3-5-9(8)11-10(7)12;1-2-4-6-5-3-1/h2-6H,1H3,(H,11,12);1-5H. The molecule has 1 aromatic carbocycles. The van der Waals surface area contributed by atoms with Gasteiger partial charge < -0.3 is 4.98 Å². The molecule has 0 aliphatic rings. The number of benzene rings is 1. The first-order chi connectivity index (χ1) is 8.77. The molecule has 0 spiro atoms. The average molecular weight is 238 g/mol. The summed E-state index contributed by atoms with van der Waals surface area (Å²) in [4.78, 5) is 17.8. The SMILES string of the molecule is Cc1cc2ccccc2[nH]c1=O.c1ccncc1. The van der Waals surface area contributed by atoms with E-state index in [1.807, 2.05) is 55.5 Å². The van der Waals surface area contributed by atoms with Crippen LogP contribution in [0.1, 0.15) is 5.56 Å². The van der Waals surface area contributed by atoms with Crippen molar-refractivity contribution in [3.8, 4) is 0 Å². The van der Waals surface area contributed by atoms with Gasteiger partial charge >= 0.3 is 0 Å². The van der Waals surface area contributed by atoms with E-state index in [-0.39, 0.29) is 5.56 Å². The monoisotopic (exact) mass is 238 g/mol. The third-order valence-electron chi connectivity index (χ3n) is 2.51. The van der Waals surface area contributed by atoms with Gasteiger partial charge in [0.15, 0.2) is 0 Å². The Morgan fingerprint density at radius 1 is 1.00 bits per heavy atom. The number of H-pyrrole nitrogens is 1. The maximum Gasteiger partial charge on any atom is 0.251 e. The fourth-order valence-corrected chi connectivity index (χ4v) is 1.57. The fourth-order valence-electron chi connectivity index (χ4n) is 1.57. The number of rotatable bonds is 0. The lowest BCUT2D eigenvalue weighted by Gasteiger charge is -1.97. The molecule has 0 aliphatic heterocycles. The molecule has 0 unspecified atom stereocenters. The van der Waals surface area contributed by atoms with Gasteiger partial charge in [0.05, 0.1) is 0 Å². The van der Waals surface area contributed by atoms with E-state index in [1.54, 1.807) is 12.4 Å². The van der Waals surface area contributed by atoms with Gasteiger partial charge in [-0.2, -0.15) is 0 Å². The molecule has 0 saturated carbocycles. The lowest BCUT2D eigenvalue weighted by atomic mass is 10.2. The zero-order chi connectivity index (χ0) is 12.8. The summed E-state index contributed by atoms with van der Waals surface area (Å²) in [5.41, 5.74) is 1.65. The van der Waals surface area contributed by atoms with Gasteiger partial charge in [-0.3, -0.25) is 9.78 Å². The first-order valence-electron chi connectivity index (χ1n) is 5.71. The van der Waals surface area contributed by atoms with Gasteiger partial charge in [-0.25, -0.2) is 0 Å². The predicted molar refractivity (Wildman–Crippen MR) is 73.5 cm³/mol. The van der Waals surface area contributed by atoms with Gasteiger partial charge in [-0.1, -0.05) is 24.3 Å². The number of aromatic amines is 1. The molecule has 2 aromatic heterocycles. The van der Waals surface area contributed by atoms with Gasteiger partial charge in [0, 0.05) is 23.5 Å². The first-order valence-corrected chi connectivity index (χ1v) is 5.71. The van der Waals surface area contributed by atoms with Crippen molar-refractivity contribution < 1.29 is 0 Å². The molecule has 0 aliphatic carbocycles. The highest BCUT2D eigenvalue weighted by molar-refractivity contribution is 5.78. The highest BCUT2D eigenvalue weighted by atomic mass is 16.1. The van der Waals surface area contributed by atoms with E-state index in [9.17, 15) is 4.79 Å². The number of nitrogens with zero attached hydrogens (tertiary/aromatic N) is 1. The normalized spacial score (nSPS) is 9.61. The van der Waals surface area contributed by atoms with E-state index in [4.69, 9.17) is 0 Å². The number of pyridine rings is 2. The van der Waals surface area contributed by atoms with Crippen LogP contribution in [0.15, 0.2) is 65.7 Å². The molecule has 0 radical (unpaired) electrons. The molecule has 3 rings (SSSR count). The molecule has 90 valence electrons. The molecular weight excluding hydrogens is 224 g/mol. The topological polar surface area (TPSA) is 45.8 Å². The molecule has 0 atom stereocenters. The van der Waals surface area contributed by atoms with Crippen molar-refractivity contribution in [1.82, 2.24) is 9.97 Å². The number of fused-ring (bicyclic) bond motifs is 1. The Morgan fingerprint density at radius 3 is 2.33 bits per heavy atom. The van der Waals surface area contributed by atoms with Crippen LogP contribution in [-0.4, -0.2) is 9.97 Å². The van der Waals surface area contributed by atoms with Gasteiger partial charge in [0.25, 0.3) is 5.56 Å². The quantitative estimate of drug-likeness (QED) is 0.654. The lowest BCUT2D eigenvalue weighted by Crippen LogP contribution is -2.08. The van der Waals surface area contributed by atoms with Crippen molar-refractivity contribution in [2.45, 2.75) is 6.92 Å². The zero-order valence-corrected chi connectivity index (χ0v) is 10.1. The van der Waals surface area contributed by atoms with Crippen LogP contribution in [0.4, 0.5) is 0 Å². The van der Waals surface area contributed by atoms with Crippen LogP contribution in [0.2, 0.25) is 0 Å². The second-order valence-electron chi connectivity index (χ2n) is 3.89. The molecule has 3 aromatic rings. The maximum absolute atomic E-state index is 11.2. The molecule has 0 fully saturated rings. The van der Waals surface area contributed by atoms with E-state index in [1.165, 1.54) is 0 Å². The molecule has 3 nitrogen and oxygen atoms in total. The van der Waals surface area contributed by atoms with Crippen LogP contribution >= 0.6 is 0 Å². The number of aryl methyl sites for hydroxylation is 1. The van der Waals surface area contributed by atoms with Crippen LogP contribution in [-0.2, 0) is 0 Å². The Kier molecular flexibility index (Phi) is 3.86. The molecule has 0 bridgehead atoms. The van der Waals surface area contributed by atoms with Crippen LogP contribution < -0.4 is 5.56 Å². The summed E-state index contributed by atoms with van der Waals surface area (Å²) in [6.45, 7) is 1.81. The maximum atomic E-state index is 11.2. The Bertz CT molecular complexity index is 648. The summed E-state index contributed by atoms with van der Waals surface area (Å²) in [6.07, 6.45) is 3.50. The number of hydrogen-bond donors (Lipinski definition) is 1. The fraction of sp³-hybridized carbons (Fsp3) is 0.0667. The third kappa shape index (κ3) is 3.04. The molecule has 0 amide bonds. The Balaban J connectivity index is 0.000000169. The van der Waals surface area contributed by atoms with Gasteiger partial charge in [-0.05, 0) is 36.6 Å². The van der Waals surface area contributed by atoms with Gasteiger partial charge in [-0.15, -0.1) is 0 Å². The molecule has 3 heteroatoms. The van der Waals surface area contributed by atoms with E-state index < -0.39 is 0 Å². The highest BCUT2D eigenvalue weighted by Crippen LogP contribution is 2.08. The molecular formula is C15H14N2O. The summed E-state index contributed by atoms with van der Waals surface area (Å²) in [7, 11) is 0. The molecule has 0 saturated heterocycles. The average Bonchev–Trinajstić information content (AvgIpc) is 2.43. The third-order valence-corrected chi connectivity index (χ3v) is 2.51. The van der Waals surface area contributed by atoms with Gasteiger partial charge in [0.1, 0.15) is 0 Å². The van der Waals surface area contributed by atoms with Crippen LogP contribution in [0, 0.1) is 6.92 Å². The number of aromatic nitrogens is 2. The largest absolute Gasteiger partial charge is 0.322 e. The minimum absolute atomic E-state index is 0.00583. The van der Waals surface area contributed by atoms with Crippen LogP contribution in [0.25, 0.3) is 10.9 Å². The first kappa shape index (κ1) is 12.0. The van der Waals surface area contributed by atoms with Crippen LogP contribution in [0.5, 0.6) is 0 Å².